The Labute approximate surface area is 192 Å². The molecule has 0 atom stereocenters. The molecule has 0 saturated heterocycles. The van der Waals surface area contributed by atoms with Crippen molar-refractivity contribution in [1.82, 2.24) is 14.5 Å². The number of aryl methyl sites for hydroxylation is 2. The van der Waals surface area contributed by atoms with Crippen molar-refractivity contribution >= 4 is 27.6 Å². The number of nitrogens with zero attached hydrogens (tertiary/aromatic N) is 4. The number of hydrogen-bond acceptors (Lipinski definition) is 3. The molecule has 0 aliphatic carbocycles. The molecule has 32 heavy (non-hydrogen) atoms. The van der Waals surface area contributed by atoms with Gasteiger partial charge in [0, 0.05) is 42.6 Å². The molecule has 0 saturated carbocycles. The highest BCUT2D eigenvalue weighted by molar-refractivity contribution is 6.11. The Bertz CT molecular complexity index is 1130. The third-order valence-corrected chi connectivity index (χ3v) is 6.57. The van der Waals surface area contributed by atoms with Crippen molar-refractivity contribution in [3.63, 3.8) is 0 Å². The predicted octanol–water partition coefficient (Wildman–Crippen LogP) is 5.99. The van der Waals surface area contributed by atoms with E-state index in [0.717, 1.165) is 57.8 Å². The molecular weight excluding hydrogens is 392 g/mol. The summed E-state index contributed by atoms with van der Waals surface area (Å²) in [5.74, 6) is 1.10. The highest BCUT2D eigenvalue weighted by Crippen LogP contribution is 2.34. The Hall–Kier alpha value is -2.85. The summed E-state index contributed by atoms with van der Waals surface area (Å²) in [4.78, 5) is 9.69. The fourth-order valence-corrected chi connectivity index (χ4v) is 4.76. The van der Waals surface area contributed by atoms with Crippen LogP contribution in [0.2, 0.25) is 0 Å². The minimum Gasteiger partial charge on any atom is -0.358 e. The van der Waals surface area contributed by atoms with Gasteiger partial charge < -0.3 is 14.4 Å². The minimum absolute atomic E-state index is 0.991. The van der Waals surface area contributed by atoms with E-state index >= 15 is 0 Å². The number of benzene rings is 2. The van der Waals surface area contributed by atoms with Gasteiger partial charge in [-0.15, -0.1) is 0 Å². The molecule has 0 bridgehead atoms. The molecular formula is C28H36N4. The van der Waals surface area contributed by atoms with Crippen LogP contribution >= 0.6 is 0 Å². The number of pyridine rings is 1. The van der Waals surface area contributed by atoms with Crippen LogP contribution in [0.1, 0.15) is 32.3 Å². The molecule has 0 radical (unpaired) electrons. The molecule has 2 aromatic heterocycles. The molecule has 168 valence electrons. The lowest BCUT2D eigenvalue weighted by Crippen LogP contribution is -2.28. The average molecular weight is 429 g/mol. The molecule has 0 spiro atoms. The number of hydrogen-bond donors (Lipinski definition) is 0. The maximum Gasteiger partial charge on any atom is 0.152 e. The molecule has 4 rings (SSSR count). The quantitative estimate of drug-likeness (QED) is 0.293. The van der Waals surface area contributed by atoms with Gasteiger partial charge in [-0.05, 0) is 56.6 Å². The lowest BCUT2D eigenvalue weighted by Gasteiger charge is -2.23. The Morgan fingerprint density at radius 1 is 0.812 bits per heavy atom. The van der Waals surface area contributed by atoms with Gasteiger partial charge in [0.1, 0.15) is 0 Å². The van der Waals surface area contributed by atoms with E-state index in [1.165, 1.54) is 27.4 Å². The van der Waals surface area contributed by atoms with E-state index in [-0.39, 0.29) is 0 Å². The molecule has 0 aliphatic rings. The molecule has 0 unspecified atom stereocenters. The Balaban J connectivity index is 1.62. The fraction of sp³-hybridized carbons (Fsp3) is 0.393. The smallest absolute Gasteiger partial charge is 0.152 e. The van der Waals surface area contributed by atoms with E-state index in [9.17, 15) is 0 Å². The molecule has 4 nitrogen and oxygen atoms in total. The maximum absolute atomic E-state index is 4.86. The molecule has 4 aromatic rings. The van der Waals surface area contributed by atoms with Crippen LogP contribution in [-0.2, 0) is 13.0 Å². The molecule has 0 N–H and O–H groups in total. The molecule has 0 amide bonds. The van der Waals surface area contributed by atoms with Crippen LogP contribution in [0, 0.1) is 0 Å². The second kappa shape index (κ2) is 10.6. The lowest BCUT2D eigenvalue weighted by molar-refractivity contribution is 0.301. The van der Waals surface area contributed by atoms with E-state index in [4.69, 9.17) is 4.98 Å². The highest BCUT2D eigenvalue weighted by Gasteiger charge is 2.17. The summed E-state index contributed by atoms with van der Waals surface area (Å²) in [7, 11) is 2.19. The molecule has 2 heterocycles. The zero-order chi connectivity index (χ0) is 22.3. The van der Waals surface area contributed by atoms with Crippen LogP contribution in [0.25, 0.3) is 21.8 Å². The minimum atomic E-state index is 0.991. The van der Waals surface area contributed by atoms with Crippen molar-refractivity contribution in [2.24, 2.45) is 0 Å². The third-order valence-electron chi connectivity index (χ3n) is 6.57. The first kappa shape index (κ1) is 22.3. The van der Waals surface area contributed by atoms with Crippen LogP contribution < -0.4 is 4.90 Å². The number of rotatable bonds is 11. The summed E-state index contributed by atoms with van der Waals surface area (Å²) in [5.41, 5.74) is 3.98. The van der Waals surface area contributed by atoms with Gasteiger partial charge in [0.2, 0.25) is 0 Å². The van der Waals surface area contributed by atoms with Gasteiger partial charge in [-0.2, -0.15) is 0 Å². The van der Waals surface area contributed by atoms with Gasteiger partial charge in [-0.25, -0.2) is 4.98 Å². The van der Waals surface area contributed by atoms with Crippen molar-refractivity contribution in [3.8, 4) is 0 Å². The van der Waals surface area contributed by atoms with E-state index in [2.05, 4.69) is 95.9 Å². The van der Waals surface area contributed by atoms with Gasteiger partial charge >= 0.3 is 0 Å². The summed E-state index contributed by atoms with van der Waals surface area (Å²) >= 11 is 0. The molecule has 2 aromatic carbocycles. The second-order valence-corrected chi connectivity index (χ2v) is 8.59. The van der Waals surface area contributed by atoms with Gasteiger partial charge in [0.15, 0.2) is 5.82 Å². The van der Waals surface area contributed by atoms with Gasteiger partial charge in [-0.3, -0.25) is 0 Å². The van der Waals surface area contributed by atoms with Gasteiger partial charge in [0.05, 0.1) is 5.52 Å². The number of fused-ring (bicyclic) bond motifs is 3. The fourth-order valence-electron chi connectivity index (χ4n) is 4.76. The average Bonchev–Trinajstić information content (AvgIpc) is 3.16. The maximum atomic E-state index is 4.86. The second-order valence-electron chi connectivity index (χ2n) is 8.59. The molecule has 0 fully saturated rings. The van der Waals surface area contributed by atoms with Crippen molar-refractivity contribution in [3.05, 3.63) is 72.4 Å². The first-order valence-electron chi connectivity index (χ1n) is 12.1. The lowest BCUT2D eigenvalue weighted by atomic mass is 10.1. The standard InChI is InChI=1S/C28H36N4/c1-4-31(5-2)21-12-20-30(3)28-27-25(18-19-29-28)24-16-9-10-17-26(24)32(27)22-11-15-23-13-7-6-8-14-23/h6-10,13-14,16-19H,4-5,11-12,15,20-22H2,1-3H3. The van der Waals surface area contributed by atoms with Crippen molar-refractivity contribution in [2.45, 2.75) is 39.7 Å². The van der Waals surface area contributed by atoms with Crippen molar-refractivity contribution in [1.29, 1.82) is 0 Å². The first-order valence-corrected chi connectivity index (χ1v) is 12.1. The summed E-state index contributed by atoms with van der Waals surface area (Å²) in [6.07, 6.45) is 5.31. The Morgan fingerprint density at radius 3 is 2.34 bits per heavy atom. The topological polar surface area (TPSA) is 24.3 Å². The van der Waals surface area contributed by atoms with E-state index in [0.29, 0.717) is 0 Å². The Kier molecular flexibility index (Phi) is 7.43. The van der Waals surface area contributed by atoms with Gasteiger partial charge in [0.25, 0.3) is 0 Å². The van der Waals surface area contributed by atoms with Crippen LogP contribution in [0.5, 0.6) is 0 Å². The van der Waals surface area contributed by atoms with Crippen LogP contribution in [0.4, 0.5) is 5.82 Å². The molecule has 0 aliphatic heterocycles. The third kappa shape index (κ3) is 4.81. The van der Waals surface area contributed by atoms with Crippen LogP contribution in [0.3, 0.4) is 0 Å². The van der Waals surface area contributed by atoms with Crippen LogP contribution in [0.15, 0.2) is 66.9 Å². The summed E-state index contributed by atoms with van der Waals surface area (Å²) < 4.78 is 2.50. The monoisotopic (exact) mass is 428 g/mol. The largest absolute Gasteiger partial charge is 0.358 e. The zero-order valence-electron chi connectivity index (χ0n) is 19.8. The normalized spacial score (nSPS) is 11.6. The summed E-state index contributed by atoms with van der Waals surface area (Å²) in [6, 6.07) is 21.8. The van der Waals surface area contributed by atoms with Crippen LogP contribution in [-0.4, -0.2) is 47.7 Å². The van der Waals surface area contributed by atoms with E-state index < -0.39 is 0 Å². The SMILES string of the molecule is CCN(CC)CCCN(C)c1nccc2c3ccccc3n(CCCc3ccccc3)c12. The molecule has 4 heteroatoms. The van der Waals surface area contributed by atoms with Gasteiger partial charge in [-0.1, -0.05) is 62.4 Å². The number of anilines is 1. The van der Waals surface area contributed by atoms with E-state index in [1.54, 1.807) is 0 Å². The Morgan fingerprint density at radius 2 is 1.56 bits per heavy atom. The predicted molar refractivity (Wildman–Crippen MR) is 138 cm³/mol. The number of aromatic nitrogens is 2. The first-order chi connectivity index (χ1) is 15.7. The zero-order valence-corrected chi connectivity index (χ0v) is 19.8. The number of para-hydroxylation sites is 1. The van der Waals surface area contributed by atoms with E-state index in [1.807, 2.05) is 6.20 Å². The van der Waals surface area contributed by atoms with Crippen molar-refractivity contribution < 1.29 is 0 Å². The summed E-state index contributed by atoms with van der Waals surface area (Å²) in [5, 5.41) is 2.63. The summed E-state index contributed by atoms with van der Waals surface area (Å²) in [6.45, 7) is 9.84. The highest BCUT2D eigenvalue weighted by atomic mass is 15.2. The van der Waals surface area contributed by atoms with Crippen molar-refractivity contribution in [2.75, 3.05) is 38.1 Å².